The Morgan fingerprint density at radius 3 is 2.50 bits per heavy atom. The van der Waals surface area contributed by atoms with Crippen LogP contribution in [0, 0.1) is 5.82 Å². The Morgan fingerprint density at radius 1 is 1.36 bits per heavy atom. The minimum Gasteiger partial charge on any atom is -0.539 e. The summed E-state index contributed by atoms with van der Waals surface area (Å²) >= 11 is 0. The molecule has 0 aliphatic heterocycles. The predicted molar refractivity (Wildman–Crippen MR) is 42.5 cm³/mol. The first-order valence-corrected chi connectivity index (χ1v) is 3.97. The zero-order valence-corrected chi connectivity index (χ0v) is 7.40. The smallest absolute Gasteiger partial charge is 0.263 e. The van der Waals surface area contributed by atoms with Gasteiger partial charge in [0, 0.05) is 0 Å². The Morgan fingerprint density at radius 2 is 2.00 bits per heavy atom. The van der Waals surface area contributed by atoms with Crippen LogP contribution in [0.3, 0.4) is 0 Å². The summed E-state index contributed by atoms with van der Waals surface area (Å²) in [6.45, 7) is 0. The zero-order chi connectivity index (χ0) is 10.1. The van der Waals surface area contributed by atoms with Gasteiger partial charge < -0.3 is 9.63 Å². The normalized spacial score (nSPS) is 10.4. The molecule has 4 nitrogen and oxygen atoms in total. The first kappa shape index (κ1) is 8.68. The third-order valence-electron chi connectivity index (χ3n) is 1.88. The Hall–Kier alpha value is -1.91. The highest BCUT2D eigenvalue weighted by molar-refractivity contribution is 5.59. The van der Waals surface area contributed by atoms with E-state index in [0.717, 1.165) is 0 Å². The van der Waals surface area contributed by atoms with Gasteiger partial charge in [0.05, 0.1) is 10.8 Å². The average molecular weight is 194 g/mol. The van der Waals surface area contributed by atoms with Crippen molar-refractivity contribution in [2.75, 3.05) is 0 Å². The van der Waals surface area contributed by atoms with E-state index in [1.807, 2.05) is 0 Å². The van der Waals surface area contributed by atoms with Gasteiger partial charge in [-0.3, -0.25) is 0 Å². The summed E-state index contributed by atoms with van der Waals surface area (Å²) in [5, 5.41) is 14.6. The second kappa shape index (κ2) is 3.10. The lowest BCUT2D eigenvalue weighted by atomic mass is 10.1. The fourth-order valence-electron chi connectivity index (χ4n) is 1.23. The number of benzene rings is 1. The SMILES string of the molecule is C[n+]1noc([O-])c1-c1ccc(F)cc1. The van der Waals surface area contributed by atoms with Crippen LogP contribution in [-0.4, -0.2) is 5.27 Å². The van der Waals surface area contributed by atoms with Crippen LogP contribution < -0.4 is 9.79 Å². The summed E-state index contributed by atoms with van der Waals surface area (Å²) in [6.07, 6.45) is 0. The number of hydrogen-bond donors (Lipinski definition) is 0. The fourth-order valence-corrected chi connectivity index (χ4v) is 1.23. The van der Waals surface area contributed by atoms with Crippen LogP contribution in [0.15, 0.2) is 28.8 Å². The molecule has 0 fully saturated rings. The summed E-state index contributed by atoms with van der Waals surface area (Å²) in [5.74, 6) is -0.876. The largest absolute Gasteiger partial charge is 0.539 e. The molecule has 0 amide bonds. The van der Waals surface area contributed by atoms with Crippen LogP contribution in [0.2, 0.25) is 0 Å². The maximum atomic E-state index is 12.6. The summed E-state index contributed by atoms with van der Waals surface area (Å²) in [4.78, 5) is 0. The van der Waals surface area contributed by atoms with Gasteiger partial charge in [-0.15, -0.1) is 0 Å². The molecule has 5 heteroatoms. The molecule has 1 aromatic carbocycles. The maximum absolute atomic E-state index is 12.6. The van der Waals surface area contributed by atoms with Crippen molar-refractivity contribution in [2.24, 2.45) is 7.05 Å². The summed E-state index contributed by atoms with van der Waals surface area (Å²) in [5.41, 5.74) is 0.894. The molecule has 0 bridgehead atoms. The van der Waals surface area contributed by atoms with E-state index in [0.29, 0.717) is 11.3 Å². The van der Waals surface area contributed by atoms with Crippen LogP contribution in [0.4, 0.5) is 4.39 Å². The van der Waals surface area contributed by atoms with Crippen molar-refractivity contribution in [1.29, 1.82) is 0 Å². The molecule has 0 atom stereocenters. The highest BCUT2D eigenvalue weighted by Gasteiger charge is 2.15. The van der Waals surface area contributed by atoms with Gasteiger partial charge in [-0.25, -0.2) is 4.39 Å². The van der Waals surface area contributed by atoms with Gasteiger partial charge in [0.1, 0.15) is 5.82 Å². The van der Waals surface area contributed by atoms with Gasteiger partial charge in [-0.1, -0.05) is 4.68 Å². The monoisotopic (exact) mass is 194 g/mol. The van der Waals surface area contributed by atoms with E-state index in [1.54, 1.807) is 7.05 Å². The highest BCUT2D eigenvalue weighted by Crippen LogP contribution is 2.22. The van der Waals surface area contributed by atoms with E-state index in [2.05, 4.69) is 9.79 Å². The Kier molecular flexibility index (Phi) is 1.92. The topological polar surface area (TPSA) is 53.0 Å². The lowest BCUT2D eigenvalue weighted by molar-refractivity contribution is -0.730. The summed E-state index contributed by atoms with van der Waals surface area (Å²) < 4.78 is 18.4. The second-order valence-electron chi connectivity index (χ2n) is 2.84. The molecule has 0 aliphatic carbocycles. The molecule has 14 heavy (non-hydrogen) atoms. The molecule has 0 saturated heterocycles. The van der Waals surface area contributed by atoms with Crippen molar-refractivity contribution in [1.82, 2.24) is 5.27 Å². The van der Waals surface area contributed by atoms with Gasteiger partial charge in [-0.2, -0.15) is 0 Å². The first-order chi connectivity index (χ1) is 6.68. The van der Waals surface area contributed by atoms with Crippen molar-refractivity contribution in [3.8, 4) is 17.2 Å². The Labute approximate surface area is 79.2 Å². The molecular weight excluding hydrogens is 187 g/mol. The molecule has 0 unspecified atom stereocenters. The van der Waals surface area contributed by atoms with Crippen molar-refractivity contribution in [2.45, 2.75) is 0 Å². The van der Waals surface area contributed by atoms with Crippen LogP contribution in [0.5, 0.6) is 5.95 Å². The van der Waals surface area contributed by atoms with E-state index in [9.17, 15) is 9.50 Å². The van der Waals surface area contributed by atoms with Crippen molar-refractivity contribution >= 4 is 0 Å². The third-order valence-corrected chi connectivity index (χ3v) is 1.88. The van der Waals surface area contributed by atoms with Gasteiger partial charge in [0.15, 0.2) is 13.0 Å². The van der Waals surface area contributed by atoms with Crippen LogP contribution in [0.1, 0.15) is 0 Å². The summed E-state index contributed by atoms with van der Waals surface area (Å²) in [7, 11) is 1.59. The van der Waals surface area contributed by atoms with Crippen LogP contribution in [0.25, 0.3) is 11.3 Å². The number of rotatable bonds is 1. The Balaban J connectivity index is 2.54. The minimum absolute atomic E-state index is 0.310. The third kappa shape index (κ3) is 1.32. The minimum atomic E-state index is -0.529. The molecule has 1 aromatic heterocycles. The zero-order valence-electron chi connectivity index (χ0n) is 7.40. The number of hydrogen-bond acceptors (Lipinski definition) is 3. The van der Waals surface area contributed by atoms with Crippen molar-refractivity contribution in [3.63, 3.8) is 0 Å². The van der Waals surface area contributed by atoms with Crippen molar-refractivity contribution in [3.05, 3.63) is 30.1 Å². The number of halogens is 1. The van der Waals surface area contributed by atoms with E-state index < -0.39 is 5.95 Å². The molecule has 0 spiro atoms. The van der Waals surface area contributed by atoms with E-state index >= 15 is 0 Å². The number of aromatic nitrogens is 2. The van der Waals surface area contributed by atoms with Gasteiger partial charge in [0.2, 0.25) is 0 Å². The fraction of sp³-hybridized carbons (Fsp3) is 0.111. The van der Waals surface area contributed by atoms with E-state index in [4.69, 9.17) is 0 Å². The van der Waals surface area contributed by atoms with Crippen LogP contribution >= 0.6 is 0 Å². The molecule has 72 valence electrons. The van der Waals surface area contributed by atoms with Gasteiger partial charge in [0.25, 0.3) is 5.69 Å². The van der Waals surface area contributed by atoms with Gasteiger partial charge in [-0.05, 0) is 24.3 Å². The molecule has 0 radical (unpaired) electrons. The average Bonchev–Trinajstić information content (AvgIpc) is 2.49. The highest BCUT2D eigenvalue weighted by atomic mass is 19.1. The second-order valence-corrected chi connectivity index (χ2v) is 2.84. The quantitative estimate of drug-likeness (QED) is 0.616. The lowest BCUT2D eigenvalue weighted by Gasteiger charge is -1.95. The molecule has 0 aliphatic rings. The summed E-state index contributed by atoms with van der Waals surface area (Å²) in [6, 6.07) is 5.57. The first-order valence-electron chi connectivity index (χ1n) is 3.97. The molecule has 2 aromatic rings. The number of aryl methyl sites for hydroxylation is 1. The number of nitrogens with zero attached hydrogens (tertiary/aromatic N) is 2. The van der Waals surface area contributed by atoms with Crippen molar-refractivity contribution < 1.29 is 18.7 Å². The molecule has 1 heterocycles. The lowest BCUT2D eigenvalue weighted by Crippen LogP contribution is -2.31. The van der Waals surface area contributed by atoms with Crippen LogP contribution in [-0.2, 0) is 7.05 Å². The molecule has 0 saturated carbocycles. The van der Waals surface area contributed by atoms with E-state index in [1.165, 1.54) is 28.9 Å². The maximum Gasteiger partial charge on any atom is 0.263 e. The molecule has 2 rings (SSSR count). The van der Waals surface area contributed by atoms with E-state index in [-0.39, 0.29) is 5.82 Å². The Bertz CT molecular complexity index is 431. The standard InChI is InChI=1S/C9H7FN2O2/c1-12-8(9(13)14-11-12)6-2-4-7(10)5-3-6/h2-5H,1H3. The molecule has 0 N–H and O–H groups in total. The predicted octanol–water partition coefficient (Wildman–Crippen LogP) is 0.379. The van der Waals surface area contributed by atoms with Gasteiger partial charge >= 0.3 is 0 Å². The molecular formula is C9H7FN2O2.